The van der Waals surface area contributed by atoms with Crippen LogP contribution in [-0.4, -0.2) is 56.1 Å². The zero-order chi connectivity index (χ0) is 15.8. The SMILES string of the molecule is CS(=O)(=O)c1ccc(S(=O)(=O)N2CSC[C@H]2C(=O)O)cc1. The molecule has 0 radical (unpaired) electrons. The molecule has 1 atom stereocenters. The van der Waals surface area contributed by atoms with Crippen LogP contribution < -0.4 is 0 Å². The Hall–Kier alpha value is -1.10. The lowest BCUT2D eigenvalue weighted by atomic mass is 10.4. The topological polar surface area (TPSA) is 109 Å². The first-order valence-corrected chi connectivity index (χ1v) is 10.2. The Morgan fingerprint density at radius 3 is 2.19 bits per heavy atom. The fourth-order valence-electron chi connectivity index (χ4n) is 1.85. The van der Waals surface area contributed by atoms with Gasteiger partial charge in [0.15, 0.2) is 9.84 Å². The molecule has 0 aromatic heterocycles. The van der Waals surface area contributed by atoms with E-state index in [2.05, 4.69) is 0 Å². The maximum absolute atomic E-state index is 12.4. The second-order valence-corrected chi connectivity index (χ2v) is 9.40. The Kier molecular flexibility index (Phi) is 4.34. The van der Waals surface area contributed by atoms with Gasteiger partial charge in [0, 0.05) is 12.0 Å². The van der Waals surface area contributed by atoms with E-state index in [-0.39, 0.29) is 21.4 Å². The maximum atomic E-state index is 12.4. The van der Waals surface area contributed by atoms with Crippen LogP contribution >= 0.6 is 11.8 Å². The summed E-state index contributed by atoms with van der Waals surface area (Å²) >= 11 is 1.22. The number of carboxylic acid groups (broad SMARTS) is 1. The van der Waals surface area contributed by atoms with Crippen LogP contribution in [-0.2, 0) is 24.7 Å². The number of hydrogen-bond donors (Lipinski definition) is 1. The standard InChI is InChI=1S/C11H13NO6S3/c1-20(15,16)8-2-4-9(5-3-8)21(17,18)12-7-19-6-10(12)11(13)14/h2-5,10H,6-7H2,1H3,(H,13,14)/t10-/m0/s1. The first kappa shape index (κ1) is 16.3. The van der Waals surface area contributed by atoms with E-state index in [1.807, 2.05) is 0 Å². The lowest BCUT2D eigenvalue weighted by Crippen LogP contribution is -2.41. The van der Waals surface area contributed by atoms with E-state index in [9.17, 15) is 21.6 Å². The highest BCUT2D eigenvalue weighted by molar-refractivity contribution is 8.00. The van der Waals surface area contributed by atoms with Crippen molar-refractivity contribution in [2.45, 2.75) is 15.8 Å². The number of benzene rings is 1. The Balaban J connectivity index is 2.38. The first-order chi connectivity index (χ1) is 9.64. The molecule has 1 aromatic rings. The van der Waals surface area contributed by atoms with Crippen LogP contribution in [0.2, 0.25) is 0 Å². The third kappa shape index (κ3) is 3.23. The van der Waals surface area contributed by atoms with Crippen LogP contribution in [0.5, 0.6) is 0 Å². The van der Waals surface area contributed by atoms with Gasteiger partial charge in [-0.2, -0.15) is 4.31 Å². The Morgan fingerprint density at radius 1 is 1.19 bits per heavy atom. The number of carbonyl (C=O) groups is 1. The summed E-state index contributed by atoms with van der Waals surface area (Å²) in [6.07, 6.45) is 1.02. The fraction of sp³-hybridized carbons (Fsp3) is 0.364. The molecule has 1 aliphatic rings. The number of aliphatic carboxylic acids is 1. The summed E-state index contributed by atoms with van der Waals surface area (Å²) in [5.74, 6) is -0.945. The van der Waals surface area contributed by atoms with E-state index in [1.54, 1.807) is 0 Å². The van der Waals surface area contributed by atoms with Crippen LogP contribution in [0.3, 0.4) is 0 Å². The molecule has 1 aromatic carbocycles. The molecule has 0 saturated carbocycles. The minimum atomic E-state index is -3.96. The van der Waals surface area contributed by atoms with Gasteiger partial charge in [-0.3, -0.25) is 4.79 Å². The van der Waals surface area contributed by atoms with Crippen molar-refractivity contribution in [3.8, 4) is 0 Å². The molecule has 7 nitrogen and oxygen atoms in total. The van der Waals surface area contributed by atoms with Gasteiger partial charge in [-0.25, -0.2) is 16.8 Å². The summed E-state index contributed by atoms with van der Waals surface area (Å²) in [6, 6.07) is 3.64. The molecule has 1 N–H and O–H groups in total. The van der Waals surface area contributed by atoms with Crippen molar-refractivity contribution in [3.63, 3.8) is 0 Å². The molecule has 10 heteroatoms. The average Bonchev–Trinajstić information content (AvgIpc) is 2.88. The van der Waals surface area contributed by atoms with Gasteiger partial charge in [0.2, 0.25) is 10.0 Å². The van der Waals surface area contributed by atoms with Crippen molar-refractivity contribution in [1.82, 2.24) is 4.31 Å². The molecule has 1 saturated heterocycles. The van der Waals surface area contributed by atoms with Gasteiger partial charge in [0.05, 0.1) is 15.7 Å². The smallest absolute Gasteiger partial charge is 0.322 e. The fourth-order valence-corrected chi connectivity index (χ4v) is 5.62. The Bertz CT molecular complexity index is 754. The Labute approximate surface area is 126 Å². The lowest BCUT2D eigenvalue weighted by molar-refractivity contribution is -0.140. The normalized spacial score (nSPS) is 20.5. The molecule has 1 fully saturated rings. The van der Waals surface area contributed by atoms with Gasteiger partial charge >= 0.3 is 5.97 Å². The summed E-state index contributed by atoms with van der Waals surface area (Å²) in [6.45, 7) is 0. The Morgan fingerprint density at radius 2 is 1.71 bits per heavy atom. The summed E-state index contributed by atoms with van der Waals surface area (Å²) in [4.78, 5) is 11.0. The lowest BCUT2D eigenvalue weighted by Gasteiger charge is -2.20. The van der Waals surface area contributed by atoms with Crippen LogP contribution in [0.15, 0.2) is 34.1 Å². The maximum Gasteiger partial charge on any atom is 0.322 e. The molecule has 0 spiro atoms. The first-order valence-electron chi connectivity index (χ1n) is 5.76. The van der Waals surface area contributed by atoms with E-state index in [1.165, 1.54) is 36.0 Å². The number of rotatable bonds is 4. The minimum Gasteiger partial charge on any atom is -0.480 e. The largest absolute Gasteiger partial charge is 0.480 e. The number of carboxylic acids is 1. The molecular weight excluding hydrogens is 338 g/mol. The van der Waals surface area contributed by atoms with Gasteiger partial charge < -0.3 is 5.11 Å². The van der Waals surface area contributed by atoms with Crippen molar-refractivity contribution < 1.29 is 26.7 Å². The van der Waals surface area contributed by atoms with Crippen LogP contribution in [0, 0.1) is 0 Å². The molecular formula is C11H13NO6S3. The molecule has 116 valence electrons. The predicted octanol–water partition coefficient (Wildman–Crippen LogP) is 0.238. The third-order valence-electron chi connectivity index (χ3n) is 2.99. The van der Waals surface area contributed by atoms with E-state index in [4.69, 9.17) is 5.11 Å². The highest BCUT2D eigenvalue weighted by Gasteiger charge is 2.40. The highest BCUT2D eigenvalue weighted by atomic mass is 32.2. The minimum absolute atomic E-state index is 0.00651. The van der Waals surface area contributed by atoms with Crippen LogP contribution in [0.25, 0.3) is 0 Å². The molecule has 1 aliphatic heterocycles. The van der Waals surface area contributed by atoms with Gasteiger partial charge in [0.1, 0.15) is 6.04 Å². The van der Waals surface area contributed by atoms with Crippen molar-refractivity contribution in [2.24, 2.45) is 0 Å². The molecule has 0 bridgehead atoms. The second-order valence-electron chi connectivity index (χ2n) is 4.49. The van der Waals surface area contributed by atoms with E-state index < -0.39 is 31.9 Å². The number of sulfonamides is 1. The molecule has 21 heavy (non-hydrogen) atoms. The number of sulfone groups is 1. The third-order valence-corrected chi connectivity index (χ3v) is 7.16. The molecule has 0 aliphatic carbocycles. The van der Waals surface area contributed by atoms with Crippen LogP contribution in [0.4, 0.5) is 0 Å². The van der Waals surface area contributed by atoms with Crippen molar-refractivity contribution in [1.29, 1.82) is 0 Å². The second kappa shape index (κ2) is 5.59. The monoisotopic (exact) mass is 351 g/mol. The summed E-state index contributed by atoms with van der Waals surface area (Å²) in [7, 11) is -7.37. The predicted molar refractivity (Wildman–Crippen MR) is 77.3 cm³/mol. The van der Waals surface area contributed by atoms with E-state index in [0.29, 0.717) is 0 Å². The molecule has 0 unspecified atom stereocenters. The summed E-state index contributed by atoms with van der Waals surface area (Å²) in [5, 5.41) is 9.05. The van der Waals surface area contributed by atoms with Gasteiger partial charge in [-0.1, -0.05) is 0 Å². The highest BCUT2D eigenvalue weighted by Crippen LogP contribution is 2.28. The summed E-state index contributed by atoms with van der Waals surface area (Å²) < 4.78 is 48.4. The molecule has 0 amide bonds. The molecule has 2 rings (SSSR count). The van der Waals surface area contributed by atoms with Gasteiger partial charge in [0.25, 0.3) is 0 Å². The average molecular weight is 351 g/mol. The van der Waals surface area contributed by atoms with Gasteiger partial charge in [-0.15, -0.1) is 11.8 Å². The quantitative estimate of drug-likeness (QED) is 0.827. The van der Waals surface area contributed by atoms with E-state index in [0.717, 1.165) is 10.6 Å². The van der Waals surface area contributed by atoms with Crippen molar-refractivity contribution in [2.75, 3.05) is 17.9 Å². The number of nitrogens with zero attached hydrogens (tertiary/aromatic N) is 1. The van der Waals surface area contributed by atoms with E-state index >= 15 is 0 Å². The number of hydrogen-bond acceptors (Lipinski definition) is 6. The van der Waals surface area contributed by atoms with Crippen LogP contribution in [0.1, 0.15) is 0 Å². The van der Waals surface area contributed by atoms with Crippen molar-refractivity contribution in [3.05, 3.63) is 24.3 Å². The molecule has 1 heterocycles. The zero-order valence-electron chi connectivity index (χ0n) is 11.0. The summed E-state index contributed by atoms with van der Waals surface area (Å²) in [5.41, 5.74) is 0. The van der Waals surface area contributed by atoms with Gasteiger partial charge in [-0.05, 0) is 24.3 Å². The number of thioether (sulfide) groups is 1. The van der Waals surface area contributed by atoms with Crippen molar-refractivity contribution >= 4 is 37.6 Å². The zero-order valence-corrected chi connectivity index (χ0v) is 13.4.